The SMILES string of the molecule is C(#Cc1cccc(-c2cccnc2)c1)c1ccccc1. The molecule has 1 nitrogen and oxygen atoms in total. The maximum atomic E-state index is 4.15. The average molecular weight is 255 g/mol. The van der Waals surface area contributed by atoms with Gasteiger partial charge in [-0.25, -0.2) is 0 Å². The van der Waals surface area contributed by atoms with E-state index in [1.807, 2.05) is 54.7 Å². The molecule has 0 aliphatic heterocycles. The summed E-state index contributed by atoms with van der Waals surface area (Å²) in [6, 6.07) is 22.2. The molecular weight excluding hydrogens is 242 g/mol. The quantitative estimate of drug-likeness (QED) is 0.595. The van der Waals surface area contributed by atoms with Crippen LogP contribution in [0.1, 0.15) is 11.1 Å². The van der Waals surface area contributed by atoms with Crippen LogP contribution in [0.5, 0.6) is 0 Å². The van der Waals surface area contributed by atoms with Crippen molar-refractivity contribution in [3.63, 3.8) is 0 Å². The van der Waals surface area contributed by atoms with Crippen molar-refractivity contribution in [3.8, 4) is 23.0 Å². The van der Waals surface area contributed by atoms with E-state index >= 15 is 0 Å². The van der Waals surface area contributed by atoms with Gasteiger partial charge in [-0.1, -0.05) is 48.2 Å². The second-order valence-corrected chi connectivity index (χ2v) is 4.44. The zero-order valence-corrected chi connectivity index (χ0v) is 11.0. The van der Waals surface area contributed by atoms with E-state index in [1.54, 1.807) is 6.20 Å². The summed E-state index contributed by atoms with van der Waals surface area (Å²) in [6.07, 6.45) is 3.65. The fourth-order valence-corrected chi connectivity index (χ4v) is 1.98. The van der Waals surface area contributed by atoms with E-state index in [2.05, 4.69) is 35.0 Å². The highest BCUT2D eigenvalue weighted by Gasteiger charge is 1.97. The first kappa shape index (κ1) is 12.2. The molecule has 1 aromatic heterocycles. The van der Waals surface area contributed by atoms with E-state index in [4.69, 9.17) is 0 Å². The summed E-state index contributed by atoms with van der Waals surface area (Å²) in [5, 5.41) is 0. The van der Waals surface area contributed by atoms with Gasteiger partial charge in [0.2, 0.25) is 0 Å². The monoisotopic (exact) mass is 255 g/mol. The maximum Gasteiger partial charge on any atom is 0.0346 e. The Morgan fingerprint density at radius 3 is 2.20 bits per heavy atom. The number of nitrogens with zero attached hydrogens (tertiary/aromatic N) is 1. The molecule has 0 aliphatic rings. The molecule has 0 N–H and O–H groups in total. The number of hydrogen-bond donors (Lipinski definition) is 0. The number of aromatic nitrogens is 1. The zero-order chi connectivity index (χ0) is 13.6. The predicted molar refractivity (Wildman–Crippen MR) is 82.1 cm³/mol. The molecule has 2 aromatic carbocycles. The van der Waals surface area contributed by atoms with Crippen LogP contribution >= 0.6 is 0 Å². The number of hydrogen-bond acceptors (Lipinski definition) is 1. The lowest BCUT2D eigenvalue weighted by Gasteiger charge is -2.00. The van der Waals surface area contributed by atoms with E-state index in [1.165, 1.54) is 0 Å². The zero-order valence-electron chi connectivity index (χ0n) is 11.0. The largest absolute Gasteiger partial charge is 0.264 e. The molecular formula is C19H13N. The van der Waals surface area contributed by atoms with Crippen molar-refractivity contribution in [2.45, 2.75) is 0 Å². The second kappa shape index (κ2) is 5.86. The number of pyridine rings is 1. The molecule has 94 valence electrons. The molecule has 0 amide bonds. The third-order valence-electron chi connectivity index (χ3n) is 2.98. The normalized spacial score (nSPS) is 9.60. The summed E-state index contributed by atoms with van der Waals surface area (Å²) in [5.41, 5.74) is 4.28. The fraction of sp³-hybridized carbons (Fsp3) is 0. The highest BCUT2D eigenvalue weighted by Crippen LogP contribution is 2.18. The second-order valence-electron chi connectivity index (χ2n) is 4.44. The first-order valence-corrected chi connectivity index (χ1v) is 6.49. The molecule has 0 saturated carbocycles. The molecule has 3 aromatic rings. The molecule has 20 heavy (non-hydrogen) atoms. The van der Waals surface area contributed by atoms with Gasteiger partial charge in [0.1, 0.15) is 0 Å². The third kappa shape index (κ3) is 2.93. The minimum atomic E-state index is 1.01. The summed E-state index contributed by atoms with van der Waals surface area (Å²) < 4.78 is 0. The summed E-state index contributed by atoms with van der Waals surface area (Å²) in [5.74, 6) is 6.37. The molecule has 0 radical (unpaired) electrons. The Labute approximate surface area is 118 Å². The summed E-state index contributed by atoms with van der Waals surface area (Å²) in [7, 11) is 0. The number of rotatable bonds is 1. The van der Waals surface area contributed by atoms with Crippen LogP contribution in [-0.4, -0.2) is 4.98 Å². The van der Waals surface area contributed by atoms with Crippen molar-refractivity contribution in [3.05, 3.63) is 90.3 Å². The Bertz CT molecular complexity index is 750. The van der Waals surface area contributed by atoms with Gasteiger partial charge in [-0.2, -0.15) is 0 Å². The molecule has 0 atom stereocenters. The Kier molecular flexibility index (Phi) is 3.57. The van der Waals surface area contributed by atoms with Crippen molar-refractivity contribution < 1.29 is 0 Å². The standard InChI is InChI=1S/C19H13N/c1-2-6-16(7-3-1)11-12-17-8-4-9-18(14-17)19-10-5-13-20-15-19/h1-10,13-15H. The fourth-order valence-electron chi connectivity index (χ4n) is 1.98. The van der Waals surface area contributed by atoms with Crippen LogP contribution < -0.4 is 0 Å². The van der Waals surface area contributed by atoms with Crippen LogP contribution in [0.4, 0.5) is 0 Å². The minimum absolute atomic E-state index is 1.01. The van der Waals surface area contributed by atoms with E-state index in [0.29, 0.717) is 0 Å². The molecule has 0 bridgehead atoms. The first-order valence-electron chi connectivity index (χ1n) is 6.49. The van der Waals surface area contributed by atoms with Crippen LogP contribution in [0.2, 0.25) is 0 Å². The van der Waals surface area contributed by atoms with Crippen LogP contribution in [-0.2, 0) is 0 Å². The van der Waals surface area contributed by atoms with Crippen molar-refractivity contribution in [1.82, 2.24) is 4.98 Å². The van der Waals surface area contributed by atoms with Crippen LogP contribution in [0, 0.1) is 11.8 Å². The van der Waals surface area contributed by atoms with Gasteiger partial charge in [0.25, 0.3) is 0 Å². The van der Waals surface area contributed by atoms with Gasteiger partial charge in [-0.15, -0.1) is 0 Å². The van der Waals surface area contributed by atoms with Crippen LogP contribution in [0.25, 0.3) is 11.1 Å². The molecule has 0 unspecified atom stereocenters. The lowest BCUT2D eigenvalue weighted by molar-refractivity contribution is 1.33. The van der Waals surface area contributed by atoms with Crippen molar-refractivity contribution in [2.75, 3.05) is 0 Å². The lowest BCUT2D eigenvalue weighted by atomic mass is 10.0. The Morgan fingerprint density at radius 2 is 1.40 bits per heavy atom. The Hall–Kier alpha value is -2.85. The van der Waals surface area contributed by atoms with Crippen molar-refractivity contribution in [1.29, 1.82) is 0 Å². The molecule has 0 fully saturated rings. The number of benzene rings is 2. The topological polar surface area (TPSA) is 12.9 Å². The van der Waals surface area contributed by atoms with E-state index in [-0.39, 0.29) is 0 Å². The predicted octanol–water partition coefficient (Wildman–Crippen LogP) is 4.15. The van der Waals surface area contributed by atoms with Gasteiger partial charge in [0.15, 0.2) is 0 Å². The molecule has 0 aliphatic carbocycles. The van der Waals surface area contributed by atoms with E-state index in [9.17, 15) is 0 Å². The molecule has 1 heterocycles. The Morgan fingerprint density at radius 1 is 0.650 bits per heavy atom. The molecule has 0 saturated heterocycles. The van der Waals surface area contributed by atoms with Gasteiger partial charge in [0, 0.05) is 29.1 Å². The molecule has 0 spiro atoms. The maximum absolute atomic E-state index is 4.15. The lowest BCUT2D eigenvalue weighted by Crippen LogP contribution is -1.81. The van der Waals surface area contributed by atoms with Crippen molar-refractivity contribution >= 4 is 0 Å². The third-order valence-corrected chi connectivity index (χ3v) is 2.98. The highest BCUT2D eigenvalue weighted by atomic mass is 14.6. The van der Waals surface area contributed by atoms with Gasteiger partial charge < -0.3 is 0 Å². The summed E-state index contributed by atoms with van der Waals surface area (Å²) in [4.78, 5) is 4.15. The smallest absolute Gasteiger partial charge is 0.0346 e. The molecule has 3 rings (SSSR count). The van der Waals surface area contributed by atoms with E-state index in [0.717, 1.165) is 22.3 Å². The van der Waals surface area contributed by atoms with Crippen LogP contribution in [0.15, 0.2) is 79.1 Å². The van der Waals surface area contributed by atoms with Gasteiger partial charge in [0.05, 0.1) is 0 Å². The van der Waals surface area contributed by atoms with Gasteiger partial charge >= 0.3 is 0 Å². The molecule has 1 heteroatoms. The van der Waals surface area contributed by atoms with Gasteiger partial charge in [-0.3, -0.25) is 4.98 Å². The summed E-state index contributed by atoms with van der Waals surface area (Å²) in [6.45, 7) is 0. The Balaban J connectivity index is 1.91. The summed E-state index contributed by atoms with van der Waals surface area (Å²) >= 11 is 0. The first-order chi connectivity index (χ1) is 9.92. The van der Waals surface area contributed by atoms with Crippen LogP contribution in [0.3, 0.4) is 0 Å². The highest BCUT2D eigenvalue weighted by molar-refractivity contribution is 5.64. The van der Waals surface area contributed by atoms with Crippen molar-refractivity contribution in [2.24, 2.45) is 0 Å². The van der Waals surface area contributed by atoms with E-state index < -0.39 is 0 Å². The minimum Gasteiger partial charge on any atom is -0.264 e. The van der Waals surface area contributed by atoms with Gasteiger partial charge in [-0.05, 0) is 35.9 Å². The average Bonchev–Trinajstić information content (AvgIpc) is 2.55.